The molecule has 0 saturated heterocycles. The van der Waals surface area contributed by atoms with Crippen LogP contribution in [-0.2, 0) is 26.0 Å². The first kappa shape index (κ1) is 30.7. The molecule has 1 atom stereocenters. The van der Waals surface area contributed by atoms with Gasteiger partial charge in [0, 0.05) is 12.1 Å². The molecule has 214 valence electrons. The highest BCUT2D eigenvalue weighted by atomic mass is 32.2. The fraction of sp³-hybridized carbons (Fsp3) is 0.355. The van der Waals surface area contributed by atoms with Crippen LogP contribution < -0.4 is 14.4 Å². The molecule has 0 aliphatic rings. The van der Waals surface area contributed by atoms with Crippen molar-refractivity contribution < 1.29 is 22.7 Å². The Kier molecular flexibility index (Phi) is 10.3. The van der Waals surface area contributed by atoms with E-state index in [1.54, 1.807) is 49.4 Å². The van der Waals surface area contributed by atoms with Gasteiger partial charge in [0.2, 0.25) is 11.8 Å². The average Bonchev–Trinajstić information content (AvgIpc) is 2.92. The quantitative estimate of drug-likeness (QED) is 0.345. The number of ether oxygens (including phenoxy) is 1. The lowest BCUT2D eigenvalue weighted by atomic mass is 10.1. The van der Waals surface area contributed by atoms with Crippen molar-refractivity contribution in [2.24, 2.45) is 0 Å². The summed E-state index contributed by atoms with van der Waals surface area (Å²) < 4.78 is 34.3. The van der Waals surface area contributed by atoms with Gasteiger partial charge in [0.1, 0.15) is 18.3 Å². The van der Waals surface area contributed by atoms with Crippen molar-refractivity contribution in [1.82, 2.24) is 10.2 Å². The van der Waals surface area contributed by atoms with Crippen molar-refractivity contribution in [2.45, 2.75) is 57.5 Å². The first-order valence-electron chi connectivity index (χ1n) is 13.4. The Morgan fingerprint density at radius 2 is 1.48 bits per heavy atom. The van der Waals surface area contributed by atoms with Crippen molar-refractivity contribution in [2.75, 3.05) is 24.0 Å². The van der Waals surface area contributed by atoms with Gasteiger partial charge >= 0.3 is 0 Å². The fourth-order valence-corrected chi connectivity index (χ4v) is 5.58. The summed E-state index contributed by atoms with van der Waals surface area (Å²) in [6, 6.07) is 23.4. The van der Waals surface area contributed by atoms with Gasteiger partial charge in [0.25, 0.3) is 10.0 Å². The van der Waals surface area contributed by atoms with Crippen LogP contribution in [0.3, 0.4) is 0 Å². The minimum atomic E-state index is -4.13. The van der Waals surface area contributed by atoms with E-state index in [0.717, 1.165) is 9.87 Å². The number of benzene rings is 3. The highest BCUT2D eigenvalue weighted by Crippen LogP contribution is 2.25. The highest BCUT2D eigenvalue weighted by molar-refractivity contribution is 7.92. The van der Waals surface area contributed by atoms with Gasteiger partial charge in [-0.05, 0) is 83.0 Å². The number of nitrogens with one attached hydrogen (secondary N) is 1. The number of carbonyl (C=O) groups excluding carboxylic acids is 2. The normalized spacial score (nSPS) is 12.3. The van der Waals surface area contributed by atoms with Crippen LogP contribution in [0.1, 0.15) is 40.2 Å². The van der Waals surface area contributed by atoms with E-state index in [9.17, 15) is 18.0 Å². The van der Waals surface area contributed by atoms with Gasteiger partial charge in [-0.1, -0.05) is 48.5 Å². The van der Waals surface area contributed by atoms with E-state index in [2.05, 4.69) is 5.32 Å². The summed E-state index contributed by atoms with van der Waals surface area (Å²) in [7, 11) is -4.13. The molecule has 0 spiro atoms. The van der Waals surface area contributed by atoms with E-state index >= 15 is 0 Å². The lowest BCUT2D eigenvalue weighted by Crippen LogP contribution is -2.55. The van der Waals surface area contributed by atoms with Gasteiger partial charge in [-0.25, -0.2) is 8.42 Å². The maximum atomic E-state index is 13.9. The second kappa shape index (κ2) is 13.5. The van der Waals surface area contributed by atoms with Gasteiger partial charge in [-0.2, -0.15) is 0 Å². The van der Waals surface area contributed by atoms with Crippen molar-refractivity contribution in [3.05, 3.63) is 90.5 Å². The minimum Gasteiger partial charge on any atom is -0.494 e. The van der Waals surface area contributed by atoms with E-state index in [4.69, 9.17) is 4.74 Å². The number of para-hydroxylation sites is 1. The Morgan fingerprint density at radius 1 is 0.900 bits per heavy atom. The minimum absolute atomic E-state index is 0.0296. The molecule has 2 amide bonds. The molecule has 0 fully saturated rings. The number of nitrogens with zero attached hydrogens (tertiary/aromatic N) is 2. The molecular formula is C31H39N3O5S. The predicted octanol–water partition coefficient (Wildman–Crippen LogP) is 4.66. The predicted molar refractivity (Wildman–Crippen MR) is 158 cm³/mol. The summed E-state index contributed by atoms with van der Waals surface area (Å²) in [5.74, 6) is -0.241. The molecule has 3 aromatic rings. The third-order valence-corrected chi connectivity index (χ3v) is 7.98. The van der Waals surface area contributed by atoms with Crippen LogP contribution in [-0.4, -0.2) is 56.4 Å². The fourth-order valence-electron chi connectivity index (χ4n) is 4.17. The zero-order chi connectivity index (χ0) is 29.3. The van der Waals surface area contributed by atoms with Gasteiger partial charge in [0.05, 0.1) is 17.2 Å². The van der Waals surface area contributed by atoms with E-state index < -0.39 is 34.1 Å². The van der Waals surface area contributed by atoms with Crippen molar-refractivity contribution in [3.63, 3.8) is 0 Å². The first-order valence-corrected chi connectivity index (χ1v) is 14.8. The van der Waals surface area contributed by atoms with Crippen LogP contribution in [0.25, 0.3) is 0 Å². The van der Waals surface area contributed by atoms with Gasteiger partial charge in [-0.15, -0.1) is 0 Å². The molecule has 0 aliphatic heterocycles. The standard InChI is InChI=1S/C31H39N3O5S/c1-6-39-27-17-19-28(20-18-27)40(37,38)34(26-15-11-8-12-16-26)23-29(35)33(22-21-25-13-9-7-10-14-25)24(2)30(36)32-31(3,4)5/h7-20,24H,6,21-23H2,1-5H3,(H,32,36). The summed E-state index contributed by atoms with van der Waals surface area (Å²) >= 11 is 0. The molecule has 0 bridgehead atoms. The first-order chi connectivity index (χ1) is 18.9. The molecule has 0 radical (unpaired) electrons. The SMILES string of the molecule is CCOc1ccc(S(=O)(=O)N(CC(=O)N(CCc2ccccc2)C(C)C(=O)NC(C)(C)C)c2ccccc2)cc1. The molecule has 1 unspecified atom stereocenters. The van der Waals surface area contributed by atoms with E-state index in [1.807, 2.05) is 58.0 Å². The van der Waals surface area contributed by atoms with Crippen LogP contribution in [0.5, 0.6) is 5.75 Å². The molecule has 8 nitrogen and oxygen atoms in total. The summed E-state index contributed by atoms with van der Waals surface area (Å²) in [6.07, 6.45) is 0.511. The zero-order valence-electron chi connectivity index (χ0n) is 23.8. The van der Waals surface area contributed by atoms with Crippen molar-refractivity contribution >= 4 is 27.5 Å². The molecule has 0 aliphatic carbocycles. The number of sulfonamides is 1. The molecule has 0 aromatic heterocycles. The topological polar surface area (TPSA) is 96.0 Å². The number of carbonyl (C=O) groups is 2. The van der Waals surface area contributed by atoms with Gasteiger partial charge < -0.3 is 15.0 Å². The third-order valence-electron chi connectivity index (χ3n) is 6.20. The van der Waals surface area contributed by atoms with Crippen LogP contribution in [0.4, 0.5) is 5.69 Å². The Bertz CT molecular complexity index is 1360. The monoisotopic (exact) mass is 565 g/mol. The lowest BCUT2D eigenvalue weighted by molar-refractivity contribution is -0.139. The highest BCUT2D eigenvalue weighted by Gasteiger charge is 2.33. The molecule has 9 heteroatoms. The summed E-state index contributed by atoms with van der Waals surface area (Å²) in [5.41, 5.74) is 0.859. The largest absolute Gasteiger partial charge is 0.494 e. The summed E-state index contributed by atoms with van der Waals surface area (Å²) in [5, 5.41) is 2.93. The molecule has 3 aromatic carbocycles. The number of hydrogen-bond donors (Lipinski definition) is 1. The van der Waals surface area contributed by atoms with E-state index in [0.29, 0.717) is 24.5 Å². The number of hydrogen-bond acceptors (Lipinski definition) is 5. The van der Waals surface area contributed by atoms with Crippen LogP contribution in [0, 0.1) is 0 Å². The Labute approximate surface area is 238 Å². The summed E-state index contributed by atoms with van der Waals surface area (Å²) in [4.78, 5) is 28.5. The second-order valence-electron chi connectivity index (χ2n) is 10.5. The Morgan fingerprint density at radius 3 is 2.02 bits per heavy atom. The van der Waals surface area contributed by atoms with Crippen LogP contribution in [0.2, 0.25) is 0 Å². The van der Waals surface area contributed by atoms with Crippen molar-refractivity contribution in [1.29, 1.82) is 0 Å². The number of amides is 2. The van der Waals surface area contributed by atoms with E-state index in [1.165, 1.54) is 17.0 Å². The second-order valence-corrected chi connectivity index (χ2v) is 12.4. The van der Waals surface area contributed by atoms with Crippen LogP contribution >= 0.6 is 0 Å². The van der Waals surface area contributed by atoms with Crippen LogP contribution in [0.15, 0.2) is 89.8 Å². The zero-order valence-corrected chi connectivity index (χ0v) is 24.6. The third kappa shape index (κ3) is 8.32. The average molecular weight is 566 g/mol. The molecule has 1 N–H and O–H groups in total. The lowest BCUT2D eigenvalue weighted by Gasteiger charge is -2.33. The maximum absolute atomic E-state index is 13.9. The Hall–Kier alpha value is -3.85. The molecule has 0 heterocycles. The number of rotatable bonds is 12. The van der Waals surface area contributed by atoms with E-state index in [-0.39, 0.29) is 17.3 Å². The molecule has 40 heavy (non-hydrogen) atoms. The number of anilines is 1. The smallest absolute Gasteiger partial charge is 0.264 e. The maximum Gasteiger partial charge on any atom is 0.264 e. The molecule has 3 rings (SSSR count). The summed E-state index contributed by atoms with van der Waals surface area (Å²) in [6.45, 7) is 9.35. The molecular weight excluding hydrogens is 526 g/mol. The van der Waals surface area contributed by atoms with Gasteiger partial charge in [0.15, 0.2) is 0 Å². The Balaban J connectivity index is 1.95. The molecule has 0 saturated carbocycles. The van der Waals surface area contributed by atoms with Crippen molar-refractivity contribution in [3.8, 4) is 5.75 Å². The van der Waals surface area contributed by atoms with Gasteiger partial charge in [-0.3, -0.25) is 13.9 Å².